The Morgan fingerprint density at radius 1 is 1.00 bits per heavy atom. The smallest absolute Gasteiger partial charge is 0.123 e. The second-order valence-corrected chi connectivity index (χ2v) is 7.84. The molecule has 4 rings (SSSR count). The molecule has 0 fully saturated rings. The second kappa shape index (κ2) is 7.50. The van der Waals surface area contributed by atoms with Gasteiger partial charge in [0.05, 0.1) is 19.4 Å². The molecule has 3 nitrogen and oxygen atoms in total. The van der Waals surface area contributed by atoms with Gasteiger partial charge in [0.1, 0.15) is 16.5 Å². The summed E-state index contributed by atoms with van der Waals surface area (Å²) in [6, 6.07) is 14.6. The van der Waals surface area contributed by atoms with Crippen LogP contribution in [0, 0.1) is 6.92 Å². The third-order valence-corrected chi connectivity index (χ3v) is 5.97. The third-order valence-electron chi connectivity index (χ3n) is 4.91. The van der Waals surface area contributed by atoms with Gasteiger partial charge in [-0.05, 0) is 73.7 Å². The van der Waals surface area contributed by atoms with Gasteiger partial charge in [0, 0.05) is 16.9 Å². The fourth-order valence-corrected chi connectivity index (χ4v) is 4.39. The van der Waals surface area contributed by atoms with Crippen molar-refractivity contribution in [2.75, 3.05) is 13.7 Å². The van der Waals surface area contributed by atoms with Crippen molar-refractivity contribution in [1.82, 2.24) is 4.98 Å². The standard InChI is InChI=1S/C22H23NO2S/c1-15-21(23-22(26-15)17-7-9-19(24-2)10-8-17)12-13-25-20-11-6-16-4-3-5-18(16)14-20/h6-11,14H,3-5,12-13H2,1-2H3. The number of hydrogen-bond acceptors (Lipinski definition) is 4. The van der Waals surface area contributed by atoms with E-state index in [2.05, 4.69) is 37.3 Å². The van der Waals surface area contributed by atoms with E-state index >= 15 is 0 Å². The number of nitrogens with zero attached hydrogens (tertiary/aromatic N) is 1. The topological polar surface area (TPSA) is 31.4 Å². The molecule has 0 amide bonds. The lowest BCUT2D eigenvalue weighted by Gasteiger charge is -2.07. The van der Waals surface area contributed by atoms with Gasteiger partial charge >= 0.3 is 0 Å². The monoisotopic (exact) mass is 365 g/mol. The molecule has 0 radical (unpaired) electrons. The lowest BCUT2D eigenvalue weighted by atomic mass is 10.1. The van der Waals surface area contributed by atoms with Crippen molar-refractivity contribution in [2.45, 2.75) is 32.6 Å². The van der Waals surface area contributed by atoms with Crippen LogP contribution in [0.3, 0.4) is 0 Å². The van der Waals surface area contributed by atoms with Crippen LogP contribution in [0.1, 0.15) is 28.1 Å². The highest BCUT2D eigenvalue weighted by Crippen LogP contribution is 2.30. The van der Waals surface area contributed by atoms with Crippen molar-refractivity contribution in [2.24, 2.45) is 0 Å². The maximum absolute atomic E-state index is 5.98. The Balaban J connectivity index is 1.40. The first kappa shape index (κ1) is 17.1. The van der Waals surface area contributed by atoms with Crippen molar-refractivity contribution in [3.05, 3.63) is 64.2 Å². The minimum Gasteiger partial charge on any atom is -0.497 e. The highest BCUT2D eigenvalue weighted by atomic mass is 32.1. The summed E-state index contributed by atoms with van der Waals surface area (Å²) in [5.74, 6) is 1.85. The fraction of sp³-hybridized carbons (Fsp3) is 0.318. The van der Waals surface area contributed by atoms with E-state index in [1.54, 1.807) is 18.4 Å². The Morgan fingerprint density at radius 3 is 2.58 bits per heavy atom. The maximum Gasteiger partial charge on any atom is 0.123 e. The second-order valence-electron chi connectivity index (χ2n) is 6.63. The van der Waals surface area contributed by atoms with Crippen LogP contribution in [-0.4, -0.2) is 18.7 Å². The number of hydrogen-bond donors (Lipinski definition) is 0. The van der Waals surface area contributed by atoms with E-state index in [0.717, 1.165) is 34.2 Å². The zero-order valence-corrected chi connectivity index (χ0v) is 16.1. The van der Waals surface area contributed by atoms with Crippen LogP contribution in [0.4, 0.5) is 0 Å². The lowest BCUT2D eigenvalue weighted by molar-refractivity contribution is 0.320. The highest BCUT2D eigenvalue weighted by Gasteiger charge is 2.12. The van der Waals surface area contributed by atoms with Gasteiger partial charge in [0.25, 0.3) is 0 Å². The molecule has 0 N–H and O–H groups in total. The molecular formula is C22H23NO2S. The Hall–Kier alpha value is -2.33. The summed E-state index contributed by atoms with van der Waals surface area (Å²) in [7, 11) is 1.68. The summed E-state index contributed by atoms with van der Waals surface area (Å²) in [5, 5.41) is 1.05. The van der Waals surface area contributed by atoms with Gasteiger partial charge in [-0.2, -0.15) is 0 Å². The molecule has 1 aliphatic carbocycles. The molecule has 0 unspecified atom stereocenters. The molecule has 3 aromatic rings. The van der Waals surface area contributed by atoms with E-state index in [4.69, 9.17) is 14.5 Å². The minimum absolute atomic E-state index is 0.658. The molecule has 0 saturated heterocycles. The molecule has 26 heavy (non-hydrogen) atoms. The van der Waals surface area contributed by atoms with Crippen LogP contribution in [0.15, 0.2) is 42.5 Å². The van der Waals surface area contributed by atoms with E-state index in [1.165, 1.54) is 35.3 Å². The first-order valence-electron chi connectivity index (χ1n) is 9.08. The van der Waals surface area contributed by atoms with Crippen LogP contribution < -0.4 is 9.47 Å². The van der Waals surface area contributed by atoms with Crippen molar-refractivity contribution in [3.63, 3.8) is 0 Å². The van der Waals surface area contributed by atoms with Crippen LogP contribution in [-0.2, 0) is 19.3 Å². The SMILES string of the molecule is COc1ccc(-c2nc(CCOc3ccc4c(c3)CCC4)c(C)s2)cc1. The number of ether oxygens (including phenoxy) is 2. The predicted octanol–water partition coefficient (Wildman–Crippen LogP) is 5.24. The van der Waals surface area contributed by atoms with Gasteiger partial charge in [0.15, 0.2) is 0 Å². The largest absolute Gasteiger partial charge is 0.497 e. The van der Waals surface area contributed by atoms with Crippen molar-refractivity contribution in [3.8, 4) is 22.1 Å². The van der Waals surface area contributed by atoms with Gasteiger partial charge in [0.2, 0.25) is 0 Å². The number of fused-ring (bicyclic) bond motifs is 1. The summed E-state index contributed by atoms with van der Waals surface area (Å²) in [6.45, 7) is 2.79. The number of methoxy groups -OCH3 is 1. The van der Waals surface area contributed by atoms with Crippen LogP contribution in [0.2, 0.25) is 0 Å². The molecule has 1 aliphatic rings. The Bertz CT molecular complexity index is 899. The van der Waals surface area contributed by atoms with Crippen molar-refractivity contribution < 1.29 is 9.47 Å². The number of aromatic nitrogens is 1. The number of benzene rings is 2. The predicted molar refractivity (Wildman–Crippen MR) is 107 cm³/mol. The molecule has 1 aromatic heterocycles. The molecule has 0 atom stereocenters. The molecular weight excluding hydrogens is 342 g/mol. The molecule has 1 heterocycles. The first-order chi connectivity index (χ1) is 12.7. The lowest BCUT2D eigenvalue weighted by Crippen LogP contribution is -2.03. The summed E-state index contributed by atoms with van der Waals surface area (Å²) >= 11 is 1.74. The fourth-order valence-electron chi connectivity index (χ4n) is 3.42. The summed E-state index contributed by atoms with van der Waals surface area (Å²) in [5.41, 5.74) is 5.19. The Morgan fingerprint density at radius 2 is 1.77 bits per heavy atom. The van der Waals surface area contributed by atoms with Gasteiger partial charge in [-0.15, -0.1) is 11.3 Å². The number of rotatable bonds is 6. The van der Waals surface area contributed by atoms with Gasteiger partial charge < -0.3 is 9.47 Å². The quantitative estimate of drug-likeness (QED) is 0.599. The molecule has 0 saturated carbocycles. The van der Waals surface area contributed by atoms with Crippen molar-refractivity contribution >= 4 is 11.3 Å². The van der Waals surface area contributed by atoms with E-state index in [1.807, 2.05) is 12.1 Å². The number of aryl methyl sites for hydroxylation is 3. The average Bonchev–Trinajstić information content (AvgIpc) is 3.28. The Labute approximate surface area is 158 Å². The Kier molecular flexibility index (Phi) is 4.93. The first-order valence-corrected chi connectivity index (χ1v) is 9.90. The van der Waals surface area contributed by atoms with Crippen LogP contribution in [0.25, 0.3) is 10.6 Å². The van der Waals surface area contributed by atoms with E-state index in [9.17, 15) is 0 Å². The molecule has 0 bridgehead atoms. The van der Waals surface area contributed by atoms with Crippen LogP contribution in [0.5, 0.6) is 11.5 Å². The molecule has 134 valence electrons. The molecule has 4 heteroatoms. The minimum atomic E-state index is 0.658. The third kappa shape index (κ3) is 3.61. The number of thiazole rings is 1. The summed E-state index contributed by atoms with van der Waals surface area (Å²) in [6.07, 6.45) is 4.49. The molecule has 0 spiro atoms. The zero-order chi connectivity index (χ0) is 17.9. The van der Waals surface area contributed by atoms with Gasteiger partial charge in [-0.1, -0.05) is 6.07 Å². The van der Waals surface area contributed by atoms with Gasteiger partial charge in [-0.3, -0.25) is 0 Å². The zero-order valence-electron chi connectivity index (χ0n) is 15.2. The summed E-state index contributed by atoms with van der Waals surface area (Å²) in [4.78, 5) is 6.08. The van der Waals surface area contributed by atoms with E-state index in [-0.39, 0.29) is 0 Å². The van der Waals surface area contributed by atoms with Crippen LogP contribution >= 0.6 is 11.3 Å². The van der Waals surface area contributed by atoms with Gasteiger partial charge in [-0.25, -0.2) is 4.98 Å². The summed E-state index contributed by atoms with van der Waals surface area (Å²) < 4.78 is 11.2. The average molecular weight is 365 g/mol. The van der Waals surface area contributed by atoms with Crippen molar-refractivity contribution in [1.29, 1.82) is 0 Å². The maximum atomic E-state index is 5.98. The normalized spacial score (nSPS) is 12.8. The van der Waals surface area contributed by atoms with E-state index < -0.39 is 0 Å². The van der Waals surface area contributed by atoms with E-state index in [0.29, 0.717) is 6.61 Å². The highest BCUT2D eigenvalue weighted by molar-refractivity contribution is 7.15. The molecule has 2 aromatic carbocycles. The molecule has 0 aliphatic heterocycles.